The first-order valence-corrected chi connectivity index (χ1v) is 15.7. The molecule has 1 aliphatic rings. The minimum absolute atomic E-state index is 0.0365. The number of hydrogen-bond donors (Lipinski definition) is 1. The summed E-state index contributed by atoms with van der Waals surface area (Å²) in [6, 6.07) is 13.0. The molecule has 6 rings (SSSR count). The molecule has 0 spiro atoms. The molecule has 0 bridgehead atoms. The van der Waals surface area contributed by atoms with Crippen LogP contribution >= 0.6 is 0 Å². The van der Waals surface area contributed by atoms with Gasteiger partial charge in [0.1, 0.15) is 22.7 Å². The van der Waals surface area contributed by atoms with Gasteiger partial charge in [0.25, 0.3) is 11.8 Å². The number of fused-ring (bicyclic) bond motifs is 2. The van der Waals surface area contributed by atoms with Gasteiger partial charge in [-0.3, -0.25) is 13.9 Å². The maximum Gasteiger partial charge on any atom is 0.309 e. The molecule has 228 valence electrons. The van der Waals surface area contributed by atoms with Gasteiger partial charge in [-0.25, -0.2) is 22.2 Å². The molecule has 2 aromatic heterocycles. The van der Waals surface area contributed by atoms with Gasteiger partial charge in [0.05, 0.1) is 17.5 Å². The average molecular weight is 623 g/mol. The third kappa shape index (κ3) is 5.17. The van der Waals surface area contributed by atoms with Gasteiger partial charge in [-0.15, -0.1) is 0 Å². The van der Waals surface area contributed by atoms with E-state index in [1.54, 1.807) is 17.0 Å². The molecule has 3 aromatic carbocycles. The highest BCUT2D eigenvalue weighted by Crippen LogP contribution is 2.42. The van der Waals surface area contributed by atoms with Crippen LogP contribution in [0, 0.1) is 11.6 Å². The van der Waals surface area contributed by atoms with Crippen molar-refractivity contribution in [1.82, 2.24) is 15.2 Å². The Balaban J connectivity index is 1.46. The normalized spacial score (nSPS) is 15.6. The van der Waals surface area contributed by atoms with Gasteiger partial charge in [0.15, 0.2) is 11.4 Å². The van der Waals surface area contributed by atoms with E-state index in [1.165, 1.54) is 56.6 Å². The minimum Gasteiger partial charge on any atom is -0.455 e. The second kappa shape index (κ2) is 11.1. The van der Waals surface area contributed by atoms with Crippen LogP contribution in [0.2, 0.25) is 0 Å². The van der Waals surface area contributed by atoms with Crippen LogP contribution in [0.5, 0.6) is 0 Å². The minimum atomic E-state index is -3.73. The predicted octanol–water partition coefficient (Wildman–Crippen LogP) is 5.29. The van der Waals surface area contributed by atoms with E-state index in [9.17, 15) is 26.8 Å². The molecule has 5 aromatic rings. The summed E-state index contributed by atoms with van der Waals surface area (Å²) in [5.74, 6) is -2.40. The number of halogens is 2. The number of benzene rings is 3. The third-order valence-electron chi connectivity index (χ3n) is 7.94. The van der Waals surface area contributed by atoms with E-state index in [0.29, 0.717) is 41.6 Å². The Morgan fingerprint density at radius 3 is 2.50 bits per heavy atom. The number of anilines is 1. The number of carbonyl (C=O) groups is 2. The number of furan rings is 1. The summed E-state index contributed by atoms with van der Waals surface area (Å²) in [4.78, 5) is 32.3. The number of rotatable bonds is 6. The molecule has 0 saturated carbocycles. The Hall–Kier alpha value is -4.78. The molecule has 44 heavy (non-hydrogen) atoms. The second-order valence-electron chi connectivity index (χ2n) is 10.7. The summed E-state index contributed by atoms with van der Waals surface area (Å²) in [7, 11) is -0.833. The van der Waals surface area contributed by atoms with Gasteiger partial charge in [0.2, 0.25) is 10.0 Å². The summed E-state index contributed by atoms with van der Waals surface area (Å²) >= 11 is 0. The predicted molar refractivity (Wildman–Crippen MR) is 160 cm³/mol. The van der Waals surface area contributed by atoms with Crippen molar-refractivity contribution in [3.63, 3.8) is 0 Å². The lowest BCUT2D eigenvalue weighted by Gasteiger charge is -2.34. The van der Waals surface area contributed by atoms with Crippen LogP contribution in [0.3, 0.4) is 0 Å². The monoisotopic (exact) mass is 622 g/mol. The Labute approximate surface area is 251 Å². The molecule has 0 aliphatic carbocycles. The van der Waals surface area contributed by atoms with E-state index in [0.717, 1.165) is 10.6 Å². The van der Waals surface area contributed by atoms with Crippen molar-refractivity contribution < 1.29 is 35.6 Å². The quantitative estimate of drug-likeness (QED) is 0.273. The van der Waals surface area contributed by atoms with Crippen LogP contribution in [0.25, 0.3) is 33.4 Å². The van der Waals surface area contributed by atoms with E-state index in [-0.39, 0.29) is 46.4 Å². The zero-order chi connectivity index (χ0) is 31.3. The number of carbonyl (C=O) groups excluding carboxylic acids is 2. The molecule has 1 aliphatic heterocycles. The van der Waals surface area contributed by atoms with Crippen molar-refractivity contribution >= 4 is 49.6 Å². The molecule has 3 heterocycles. The molecule has 0 radical (unpaired) electrons. The smallest absolute Gasteiger partial charge is 0.309 e. The summed E-state index contributed by atoms with van der Waals surface area (Å²) in [6.07, 6.45) is 2.27. The standard InChI is InChI=1S/C31H28F2N4O6S/c1-34-29(38)26-21-14-20(18-6-5-13-37(16-18)31(39)30-35-27-22(33)7-4-8-24(27)43-30)23(36(2)44(3,40)41)15-25(21)42-28(26)17-9-11-19(32)12-10-17/h4,7-12,14-15,18H,5-6,13,16H2,1-3H3,(H,34,38)/t18-/m1/s1. The van der Waals surface area contributed by atoms with Crippen molar-refractivity contribution in [2.75, 3.05) is 37.7 Å². The van der Waals surface area contributed by atoms with E-state index in [1.807, 2.05) is 0 Å². The highest BCUT2D eigenvalue weighted by atomic mass is 32.2. The molecular formula is C31H28F2N4O6S. The summed E-state index contributed by atoms with van der Waals surface area (Å²) < 4.78 is 66.2. The third-order valence-corrected chi connectivity index (χ3v) is 9.13. The van der Waals surface area contributed by atoms with Gasteiger partial charge in [-0.2, -0.15) is 0 Å². The lowest BCUT2D eigenvalue weighted by molar-refractivity contribution is 0.0669. The zero-order valence-electron chi connectivity index (χ0n) is 24.1. The number of nitrogens with zero attached hydrogens (tertiary/aromatic N) is 3. The Morgan fingerprint density at radius 2 is 1.82 bits per heavy atom. The maximum atomic E-state index is 14.2. The lowest BCUT2D eigenvalue weighted by atomic mass is 9.88. The fourth-order valence-electron chi connectivity index (χ4n) is 5.64. The average Bonchev–Trinajstić information content (AvgIpc) is 3.62. The second-order valence-corrected chi connectivity index (χ2v) is 12.7. The summed E-state index contributed by atoms with van der Waals surface area (Å²) in [5, 5.41) is 3.05. The summed E-state index contributed by atoms with van der Waals surface area (Å²) in [6.45, 7) is 0.577. The first-order chi connectivity index (χ1) is 21.0. The number of para-hydroxylation sites is 1. The van der Waals surface area contributed by atoms with Crippen molar-refractivity contribution in [3.05, 3.63) is 83.2 Å². The first-order valence-electron chi connectivity index (χ1n) is 13.8. The SMILES string of the molecule is CNC(=O)c1c(-c2ccc(F)cc2)oc2cc(N(C)S(C)(=O)=O)c([C@@H]3CCCN(C(=O)c4nc5c(F)cccc5o4)C3)cc12. The number of oxazole rings is 1. The number of amides is 2. The first kappa shape index (κ1) is 29.3. The Kier molecular flexibility index (Phi) is 7.36. The molecular weight excluding hydrogens is 594 g/mol. The van der Waals surface area contributed by atoms with Gasteiger partial charge in [0, 0.05) is 50.1 Å². The van der Waals surface area contributed by atoms with Crippen molar-refractivity contribution in [2.45, 2.75) is 18.8 Å². The number of piperidine rings is 1. The number of hydrogen-bond acceptors (Lipinski definition) is 7. The molecule has 13 heteroatoms. The topological polar surface area (TPSA) is 126 Å². The zero-order valence-corrected chi connectivity index (χ0v) is 24.9. The maximum absolute atomic E-state index is 14.2. The largest absolute Gasteiger partial charge is 0.455 e. The Morgan fingerprint density at radius 1 is 1.07 bits per heavy atom. The number of sulfonamides is 1. The molecule has 1 N–H and O–H groups in total. The van der Waals surface area contributed by atoms with E-state index < -0.39 is 33.5 Å². The van der Waals surface area contributed by atoms with E-state index >= 15 is 0 Å². The van der Waals surface area contributed by atoms with Gasteiger partial charge in [-0.1, -0.05) is 6.07 Å². The fourth-order valence-corrected chi connectivity index (χ4v) is 6.15. The van der Waals surface area contributed by atoms with Gasteiger partial charge >= 0.3 is 5.91 Å². The molecule has 1 saturated heterocycles. The summed E-state index contributed by atoms with van der Waals surface area (Å²) in [5.41, 5.74) is 1.96. The molecule has 1 atom stereocenters. The van der Waals surface area contributed by atoms with Gasteiger partial charge in [-0.05, 0) is 60.9 Å². The number of aromatic nitrogens is 1. The molecule has 2 amide bonds. The van der Waals surface area contributed by atoms with Crippen molar-refractivity contribution in [3.8, 4) is 11.3 Å². The van der Waals surface area contributed by atoms with Crippen molar-refractivity contribution in [2.24, 2.45) is 0 Å². The molecule has 0 unspecified atom stereocenters. The fraction of sp³-hybridized carbons (Fsp3) is 0.258. The van der Waals surface area contributed by atoms with Crippen LogP contribution in [0.4, 0.5) is 14.5 Å². The van der Waals surface area contributed by atoms with Crippen LogP contribution in [-0.2, 0) is 10.0 Å². The van der Waals surface area contributed by atoms with E-state index in [2.05, 4.69) is 10.3 Å². The molecule has 1 fully saturated rings. The van der Waals surface area contributed by atoms with Crippen molar-refractivity contribution in [1.29, 1.82) is 0 Å². The van der Waals surface area contributed by atoms with Crippen LogP contribution in [0.1, 0.15) is 45.4 Å². The highest BCUT2D eigenvalue weighted by molar-refractivity contribution is 7.92. The van der Waals surface area contributed by atoms with Crippen LogP contribution in [0.15, 0.2) is 63.4 Å². The number of likely N-dealkylation sites (tertiary alicyclic amines) is 1. The van der Waals surface area contributed by atoms with E-state index in [4.69, 9.17) is 8.83 Å². The highest BCUT2D eigenvalue weighted by Gasteiger charge is 2.33. The van der Waals surface area contributed by atoms with Crippen LogP contribution in [-0.4, -0.2) is 63.6 Å². The van der Waals surface area contributed by atoms with Crippen LogP contribution < -0.4 is 9.62 Å². The lowest BCUT2D eigenvalue weighted by Crippen LogP contribution is -2.39. The Bertz CT molecular complexity index is 2040. The number of nitrogens with one attached hydrogen (secondary N) is 1. The molecule has 10 nitrogen and oxygen atoms in total. The van der Waals surface area contributed by atoms with Gasteiger partial charge < -0.3 is 19.1 Å².